The number of aryl methyl sites for hydroxylation is 1. The summed E-state index contributed by atoms with van der Waals surface area (Å²) in [6.45, 7) is 5.97. The molecule has 0 radical (unpaired) electrons. The molecule has 3 N–H and O–H groups in total. The minimum Gasteiger partial charge on any atom is -0.495 e. The Morgan fingerprint density at radius 3 is 2.57 bits per heavy atom. The third kappa shape index (κ3) is 3.55. The number of nitrogens with one attached hydrogen (secondary N) is 1. The van der Waals surface area contributed by atoms with E-state index >= 15 is 0 Å². The Hall–Kier alpha value is -2.01. The summed E-state index contributed by atoms with van der Waals surface area (Å²) in [6.07, 6.45) is 0. The molecule has 0 bridgehead atoms. The van der Waals surface area contributed by atoms with E-state index in [-0.39, 0.29) is 5.92 Å². The Morgan fingerprint density at radius 2 is 1.95 bits per heavy atom. The molecule has 6 heteroatoms. The fourth-order valence-corrected chi connectivity index (χ4v) is 2.03. The summed E-state index contributed by atoms with van der Waals surface area (Å²) in [7, 11) is 1.60. The van der Waals surface area contributed by atoms with Gasteiger partial charge in [0.1, 0.15) is 23.2 Å². The van der Waals surface area contributed by atoms with Crippen molar-refractivity contribution in [3.8, 4) is 5.75 Å². The predicted molar refractivity (Wildman–Crippen MR) is 86.6 cm³/mol. The van der Waals surface area contributed by atoms with Gasteiger partial charge in [-0.05, 0) is 18.6 Å². The van der Waals surface area contributed by atoms with Crippen LogP contribution in [0.25, 0.3) is 0 Å². The van der Waals surface area contributed by atoms with Gasteiger partial charge >= 0.3 is 0 Å². The van der Waals surface area contributed by atoms with Crippen molar-refractivity contribution in [2.75, 3.05) is 18.2 Å². The van der Waals surface area contributed by atoms with Crippen molar-refractivity contribution in [3.05, 3.63) is 34.6 Å². The maximum absolute atomic E-state index is 6.11. The van der Waals surface area contributed by atoms with Gasteiger partial charge in [-0.2, -0.15) is 0 Å². The second-order valence-electron chi connectivity index (χ2n) is 5.12. The van der Waals surface area contributed by atoms with E-state index in [4.69, 9.17) is 22.1 Å². The number of nitrogen functional groups attached to an aromatic ring is 1. The van der Waals surface area contributed by atoms with E-state index < -0.39 is 0 Å². The SMILES string of the molecule is COc1cc(Cl)c(C)cc1Nc1cc(N)nc(C(C)C)n1. The summed E-state index contributed by atoms with van der Waals surface area (Å²) >= 11 is 6.11. The monoisotopic (exact) mass is 306 g/mol. The van der Waals surface area contributed by atoms with Gasteiger partial charge in [-0.15, -0.1) is 0 Å². The van der Waals surface area contributed by atoms with Gasteiger partial charge < -0.3 is 15.8 Å². The smallest absolute Gasteiger partial charge is 0.143 e. The maximum atomic E-state index is 6.11. The summed E-state index contributed by atoms with van der Waals surface area (Å²) in [6, 6.07) is 5.37. The molecule has 0 saturated heterocycles. The molecule has 0 aliphatic rings. The second-order valence-corrected chi connectivity index (χ2v) is 5.52. The first kappa shape index (κ1) is 15.4. The highest BCUT2D eigenvalue weighted by molar-refractivity contribution is 6.31. The van der Waals surface area contributed by atoms with Crippen LogP contribution in [0.15, 0.2) is 18.2 Å². The van der Waals surface area contributed by atoms with Crippen LogP contribution in [0.5, 0.6) is 5.75 Å². The molecule has 0 aliphatic carbocycles. The van der Waals surface area contributed by atoms with Gasteiger partial charge in [-0.3, -0.25) is 0 Å². The Kier molecular flexibility index (Phi) is 4.53. The largest absolute Gasteiger partial charge is 0.495 e. The quantitative estimate of drug-likeness (QED) is 0.896. The van der Waals surface area contributed by atoms with Gasteiger partial charge in [0.25, 0.3) is 0 Å². The lowest BCUT2D eigenvalue weighted by Crippen LogP contribution is -2.05. The Labute approximate surface area is 129 Å². The molecule has 21 heavy (non-hydrogen) atoms. The zero-order chi connectivity index (χ0) is 15.6. The predicted octanol–water partition coefficient (Wildman–Crippen LogP) is 3.90. The van der Waals surface area contributed by atoms with Crippen LogP contribution in [0, 0.1) is 6.92 Å². The van der Waals surface area contributed by atoms with Gasteiger partial charge in [0.05, 0.1) is 12.8 Å². The van der Waals surface area contributed by atoms with E-state index in [2.05, 4.69) is 15.3 Å². The van der Waals surface area contributed by atoms with Crippen LogP contribution in [0.2, 0.25) is 5.02 Å². The van der Waals surface area contributed by atoms with Crippen LogP contribution in [0.3, 0.4) is 0 Å². The number of rotatable bonds is 4. The first-order valence-corrected chi connectivity index (χ1v) is 7.04. The van der Waals surface area contributed by atoms with Crippen LogP contribution >= 0.6 is 11.6 Å². The van der Waals surface area contributed by atoms with Crippen molar-refractivity contribution in [1.82, 2.24) is 9.97 Å². The number of hydrogen-bond donors (Lipinski definition) is 2. The molecule has 1 aromatic carbocycles. The number of ether oxygens (including phenoxy) is 1. The van der Waals surface area contributed by atoms with E-state index in [9.17, 15) is 0 Å². The number of hydrogen-bond acceptors (Lipinski definition) is 5. The minimum atomic E-state index is 0.197. The molecule has 0 saturated carbocycles. The molecule has 1 heterocycles. The lowest BCUT2D eigenvalue weighted by Gasteiger charge is -2.14. The van der Waals surface area contributed by atoms with Crippen molar-refractivity contribution in [2.45, 2.75) is 26.7 Å². The fraction of sp³-hybridized carbons (Fsp3) is 0.333. The van der Waals surface area contributed by atoms with Gasteiger partial charge in [-0.25, -0.2) is 9.97 Å². The van der Waals surface area contributed by atoms with E-state index in [1.165, 1.54) is 0 Å². The molecule has 5 nitrogen and oxygen atoms in total. The fourth-order valence-electron chi connectivity index (χ4n) is 1.88. The molecule has 0 amide bonds. The number of halogens is 1. The molecular weight excluding hydrogens is 288 g/mol. The summed E-state index contributed by atoms with van der Waals surface area (Å²) < 4.78 is 5.34. The number of benzene rings is 1. The number of methoxy groups -OCH3 is 1. The average molecular weight is 307 g/mol. The molecule has 0 aliphatic heterocycles. The van der Waals surface area contributed by atoms with Crippen molar-refractivity contribution < 1.29 is 4.74 Å². The number of anilines is 3. The second kappa shape index (κ2) is 6.18. The highest BCUT2D eigenvalue weighted by atomic mass is 35.5. The summed E-state index contributed by atoms with van der Waals surface area (Å²) in [4.78, 5) is 8.69. The van der Waals surface area contributed by atoms with Crippen LogP contribution in [-0.4, -0.2) is 17.1 Å². The molecular formula is C15H19ClN4O. The zero-order valence-electron chi connectivity index (χ0n) is 12.6. The van der Waals surface area contributed by atoms with Crippen molar-refractivity contribution in [3.63, 3.8) is 0 Å². The molecule has 2 aromatic rings. The Balaban J connectivity index is 2.40. The number of nitrogens with zero attached hydrogens (tertiary/aromatic N) is 2. The van der Waals surface area contributed by atoms with Gasteiger partial charge in [0.2, 0.25) is 0 Å². The highest BCUT2D eigenvalue weighted by Crippen LogP contribution is 2.33. The van der Waals surface area contributed by atoms with Gasteiger partial charge in [0, 0.05) is 23.1 Å². The minimum absolute atomic E-state index is 0.197. The third-order valence-electron chi connectivity index (χ3n) is 3.02. The van der Waals surface area contributed by atoms with E-state index in [1.807, 2.05) is 26.8 Å². The normalized spacial score (nSPS) is 10.8. The summed E-state index contributed by atoms with van der Waals surface area (Å²) in [5, 5.41) is 3.87. The first-order valence-electron chi connectivity index (χ1n) is 6.66. The van der Waals surface area contributed by atoms with Crippen LogP contribution in [0.4, 0.5) is 17.3 Å². The lowest BCUT2D eigenvalue weighted by molar-refractivity contribution is 0.416. The van der Waals surface area contributed by atoms with Gasteiger partial charge in [-0.1, -0.05) is 25.4 Å². The molecule has 0 atom stereocenters. The van der Waals surface area contributed by atoms with Crippen LogP contribution in [0.1, 0.15) is 31.2 Å². The van der Waals surface area contributed by atoms with Gasteiger partial charge in [0.15, 0.2) is 0 Å². The van der Waals surface area contributed by atoms with E-state index in [1.54, 1.807) is 19.2 Å². The topological polar surface area (TPSA) is 73.1 Å². The lowest BCUT2D eigenvalue weighted by atomic mass is 10.2. The molecule has 112 valence electrons. The Bertz CT molecular complexity index is 658. The molecule has 2 rings (SSSR count). The zero-order valence-corrected chi connectivity index (χ0v) is 13.3. The van der Waals surface area contributed by atoms with Crippen molar-refractivity contribution in [1.29, 1.82) is 0 Å². The molecule has 0 fully saturated rings. The third-order valence-corrected chi connectivity index (χ3v) is 3.43. The highest BCUT2D eigenvalue weighted by Gasteiger charge is 2.11. The van der Waals surface area contributed by atoms with E-state index in [0.29, 0.717) is 28.2 Å². The van der Waals surface area contributed by atoms with Crippen molar-refractivity contribution in [2.24, 2.45) is 0 Å². The standard InChI is InChI=1S/C15H19ClN4O/c1-8(2)15-19-13(17)7-14(20-15)18-11-5-9(3)10(16)6-12(11)21-4/h5-8H,1-4H3,(H3,17,18,19,20). The number of nitrogens with two attached hydrogens (primary N) is 1. The van der Waals surface area contributed by atoms with E-state index in [0.717, 1.165) is 11.3 Å². The average Bonchev–Trinajstić information content (AvgIpc) is 2.42. The summed E-state index contributed by atoms with van der Waals surface area (Å²) in [5.41, 5.74) is 7.57. The first-order chi connectivity index (χ1) is 9.90. The Morgan fingerprint density at radius 1 is 1.24 bits per heavy atom. The number of aromatic nitrogens is 2. The van der Waals surface area contributed by atoms with Crippen LogP contribution in [-0.2, 0) is 0 Å². The van der Waals surface area contributed by atoms with Crippen molar-refractivity contribution >= 4 is 28.9 Å². The molecule has 1 aromatic heterocycles. The maximum Gasteiger partial charge on any atom is 0.143 e. The molecule has 0 unspecified atom stereocenters. The molecule has 0 spiro atoms. The summed E-state index contributed by atoms with van der Waals surface area (Å²) in [5.74, 6) is 2.60. The van der Waals surface area contributed by atoms with Crippen LogP contribution < -0.4 is 15.8 Å².